The first kappa shape index (κ1) is 14.6. The molecule has 0 bridgehead atoms. The van der Waals surface area contributed by atoms with Crippen molar-refractivity contribution >= 4 is 21.2 Å². The van der Waals surface area contributed by atoms with Gasteiger partial charge in [-0.1, -0.05) is 13.3 Å². The van der Waals surface area contributed by atoms with E-state index < -0.39 is 15.4 Å². The second-order valence-corrected chi connectivity index (χ2v) is 8.15. The van der Waals surface area contributed by atoms with Crippen LogP contribution in [0.25, 0.3) is 0 Å². The van der Waals surface area contributed by atoms with E-state index in [-0.39, 0.29) is 5.75 Å². The minimum atomic E-state index is -3.03. The highest BCUT2D eigenvalue weighted by Gasteiger charge is 2.23. The minimum absolute atomic E-state index is 0.00443. The van der Waals surface area contributed by atoms with Crippen LogP contribution in [0.5, 0.6) is 0 Å². The fourth-order valence-electron chi connectivity index (χ4n) is 1.60. The Morgan fingerprint density at radius 2 is 2.00 bits per heavy atom. The maximum Gasteiger partial charge on any atom is 0.153 e. The van der Waals surface area contributed by atoms with Gasteiger partial charge in [-0.15, -0.1) is 11.3 Å². The molecule has 0 aromatic carbocycles. The lowest BCUT2D eigenvalue weighted by Crippen LogP contribution is -2.28. The monoisotopic (exact) mass is 276 g/mol. The Hall–Kier alpha value is -0.460. The molecule has 0 fully saturated rings. The Morgan fingerprint density at radius 1 is 1.41 bits per heavy atom. The van der Waals surface area contributed by atoms with Gasteiger partial charge >= 0.3 is 0 Å². The van der Waals surface area contributed by atoms with Gasteiger partial charge in [0, 0.05) is 16.7 Å². The number of aryl methyl sites for hydroxylation is 1. The number of aromatic nitrogens is 1. The average Bonchev–Trinajstić information content (AvgIpc) is 2.44. The molecule has 0 saturated carbocycles. The lowest BCUT2D eigenvalue weighted by Gasteiger charge is -2.17. The van der Waals surface area contributed by atoms with E-state index in [4.69, 9.17) is 5.73 Å². The first-order valence-electron chi connectivity index (χ1n) is 5.59. The van der Waals surface area contributed by atoms with Gasteiger partial charge in [0.05, 0.1) is 5.69 Å². The third kappa shape index (κ3) is 4.37. The van der Waals surface area contributed by atoms with Crippen LogP contribution < -0.4 is 5.73 Å². The summed E-state index contributed by atoms with van der Waals surface area (Å²) in [6.45, 7) is 5.91. The number of thiazole rings is 1. The third-order valence-electron chi connectivity index (χ3n) is 2.20. The van der Waals surface area contributed by atoms with Crippen LogP contribution in [0.4, 0.5) is 0 Å². The first-order chi connectivity index (χ1) is 7.63. The Labute approximate surface area is 107 Å². The van der Waals surface area contributed by atoms with Gasteiger partial charge in [0.15, 0.2) is 9.84 Å². The lowest BCUT2D eigenvalue weighted by atomic mass is 10.0. The third-order valence-corrected chi connectivity index (χ3v) is 4.62. The molecule has 1 heterocycles. The molecular weight excluding hydrogens is 256 g/mol. The smallest absolute Gasteiger partial charge is 0.153 e. The summed E-state index contributed by atoms with van der Waals surface area (Å²) in [5.41, 5.74) is 6.57. The first-order valence-corrected chi connectivity index (χ1v) is 8.47. The van der Waals surface area contributed by atoms with Crippen LogP contribution in [0.1, 0.15) is 42.8 Å². The molecule has 2 N–H and O–H groups in total. The number of hydrogen-bond donors (Lipinski definition) is 1. The van der Waals surface area contributed by atoms with Crippen LogP contribution in [-0.2, 0) is 27.5 Å². The van der Waals surface area contributed by atoms with Gasteiger partial charge in [0.25, 0.3) is 0 Å². The molecule has 0 saturated heterocycles. The predicted molar refractivity (Wildman–Crippen MR) is 71.9 cm³/mol. The van der Waals surface area contributed by atoms with Crippen molar-refractivity contribution in [2.45, 2.75) is 44.9 Å². The number of sulfone groups is 1. The molecule has 0 unspecified atom stereocenters. The molecule has 1 aromatic rings. The molecule has 0 aliphatic rings. The maximum atomic E-state index is 11.3. The van der Waals surface area contributed by atoms with E-state index in [2.05, 4.69) is 11.9 Å². The summed E-state index contributed by atoms with van der Waals surface area (Å²) >= 11 is 1.42. The molecule has 0 spiro atoms. The van der Waals surface area contributed by atoms with Gasteiger partial charge in [-0.3, -0.25) is 0 Å². The topological polar surface area (TPSA) is 73.0 Å². The molecule has 0 atom stereocenters. The molecule has 6 heteroatoms. The van der Waals surface area contributed by atoms with Gasteiger partial charge in [0.1, 0.15) is 10.8 Å². The maximum absolute atomic E-state index is 11.3. The highest BCUT2D eigenvalue weighted by molar-refractivity contribution is 7.90. The normalized spacial score (nSPS) is 13.0. The quantitative estimate of drug-likeness (QED) is 0.890. The summed E-state index contributed by atoms with van der Waals surface area (Å²) < 4.78 is 22.5. The molecule has 98 valence electrons. The summed E-state index contributed by atoms with van der Waals surface area (Å²) in [6, 6.07) is 0. The van der Waals surface area contributed by atoms with Crippen molar-refractivity contribution in [1.82, 2.24) is 4.98 Å². The van der Waals surface area contributed by atoms with Crippen molar-refractivity contribution < 1.29 is 8.42 Å². The zero-order chi connectivity index (χ0) is 13.3. The van der Waals surface area contributed by atoms with E-state index in [1.165, 1.54) is 17.6 Å². The number of nitrogens with two attached hydrogens (primary N) is 1. The fourth-order valence-corrected chi connectivity index (χ4v) is 3.91. The van der Waals surface area contributed by atoms with Gasteiger partial charge in [0.2, 0.25) is 0 Å². The van der Waals surface area contributed by atoms with E-state index in [1.807, 2.05) is 13.8 Å². The average molecular weight is 276 g/mol. The van der Waals surface area contributed by atoms with Gasteiger partial charge in [-0.25, -0.2) is 13.4 Å². The SMILES string of the molecule is CCCc1nc(CS(C)(=O)=O)sc1C(C)(C)N. The van der Waals surface area contributed by atoms with Crippen molar-refractivity contribution in [2.24, 2.45) is 5.73 Å². The molecular formula is C11H20N2O2S2. The van der Waals surface area contributed by atoms with E-state index in [1.54, 1.807) is 0 Å². The lowest BCUT2D eigenvalue weighted by molar-refractivity contribution is 0.557. The molecule has 0 aliphatic carbocycles. The Balaban J connectivity index is 3.13. The van der Waals surface area contributed by atoms with Crippen LogP contribution in [-0.4, -0.2) is 19.7 Å². The van der Waals surface area contributed by atoms with E-state index in [0.717, 1.165) is 23.4 Å². The van der Waals surface area contributed by atoms with Crippen molar-refractivity contribution in [3.8, 4) is 0 Å². The summed E-state index contributed by atoms with van der Waals surface area (Å²) in [4.78, 5) is 5.41. The van der Waals surface area contributed by atoms with Crippen LogP contribution in [0.3, 0.4) is 0 Å². The fraction of sp³-hybridized carbons (Fsp3) is 0.727. The van der Waals surface area contributed by atoms with Crippen LogP contribution in [0.15, 0.2) is 0 Å². The van der Waals surface area contributed by atoms with E-state index >= 15 is 0 Å². The van der Waals surface area contributed by atoms with E-state index in [9.17, 15) is 8.42 Å². The molecule has 17 heavy (non-hydrogen) atoms. The van der Waals surface area contributed by atoms with Crippen LogP contribution in [0, 0.1) is 0 Å². The molecule has 1 rings (SSSR count). The van der Waals surface area contributed by atoms with Crippen molar-refractivity contribution in [1.29, 1.82) is 0 Å². The standard InChI is InChI=1S/C11H20N2O2S2/c1-5-6-8-10(11(2,3)12)16-9(13-8)7-17(4,14)15/h5-7,12H2,1-4H3. The minimum Gasteiger partial charge on any atom is -0.321 e. The number of hydrogen-bond acceptors (Lipinski definition) is 5. The Morgan fingerprint density at radius 3 is 2.41 bits per heavy atom. The van der Waals surface area contributed by atoms with Crippen molar-refractivity contribution in [3.63, 3.8) is 0 Å². The second-order valence-electron chi connectivity index (χ2n) is 4.93. The number of rotatable bonds is 5. The highest BCUT2D eigenvalue weighted by Crippen LogP contribution is 2.29. The van der Waals surface area contributed by atoms with Gasteiger partial charge < -0.3 is 5.73 Å². The molecule has 1 aromatic heterocycles. The zero-order valence-corrected chi connectivity index (χ0v) is 12.4. The summed E-state index contributed by atoms with van der Waals surface area (Å²) in [5, 5.41) is 0.643. The zero-order valence-electron chi connectivity index (χ0n) is 10.8. The van der Waals surface area contributed by atoms with Crippen molar-refractivity contribution in [2.75, 3.05) is 6.26 Å². The molecule has 4 nitrogen and oxygen atoms in total. The van der Waals surface area contributed by atoms with Crippen LogP contribution >= 0.6 is 11.3 Å². The highest BCUT2D eigenvalue weighted by atomic mass is 32.2. The molecule has 0 amide bonds. The van der Waals surface area contributed by atoms with E-state index in [0.29, 0.717) is 5.01 Å². The number of nitrogens with zero attached hydrogens (tertiary/aromatic N) is 1. The molecule has 0 radical (unpaired) electrons. The Bertz CT molecular complexity index is 484. The van der Waals surface area contributed by atoms with Crippen LogP contribution in [0.2, 0.25) is 0 Å². The van der Waals surface area contributed by atoms with Gasteiger partial charge in [-0.2, -0.15) is 0 Å². The summed E-state index contributed by atoms with van der Waals surface area (Å²) in [6.07, 6.45) is 3.04. The predicted octanol–water partition coefficient (Wildman–Crippen LogP) is 1.83. The largest absolute Gasteiger partial charge is 0.321 e. The van der Waals surface area contributed by atoms with Gasteiger partial charge in [-0.05, 0) is 20.3 Å². The summed E-state index contributed by atoms with van der Waals surface area (Å²) in [5.74, 6) is 0.00443. The second kappa shape index (κ2) is 5.04. The van der Waals surface area contributed by atoms with Crippen molar-refractivity contribution in [3.05, 3.63) is 15.6 Å². The molecule has 0 aliphatic heterocycles. The Kier molecular flexibility index (Phi) is 4.33. The summed E-state index contributed by atoms with van der Waals surface area (Å²) in [7, 11) is -3.03.